The third-order valence-corrected chi connectivity index (χ3v) is 4.15. The van der Waals surface area contributed by atoms with Crippen molar-refractivity contribution >= 4 is 5.69 Å². The van der Waals surface area contributed by atoms with E-state index in [0.717, 1.165) is 17.9 Å². The standard InChI is InChI=1S/C15H21N/c1-2-6-14(7-3-1)16-15-8-4-5-13(11-15)12-9-10-12/h1-3,6-7,12-13,15-16H,4-5,8-11H2. The van der Waals surface area contributed by atoms with Gasteiger partial charge in [-0.3, -0.25) is 0 Å². The zero-order valence-electron chi connectivity index (χ0n) is 9.86. The molecule has 1 nitrogen and oxygen atoms in total. The second-order valence-electron chi connectivity index (χ2n) is 5.47. The van der Waals surface area contributed by atoms with Gasteiger partial charge in [-0.25, -0.2) is 0 Å². The maximum Gasteiger partial charge on any atom is 0.0342 e. The van der Waals surface area contributed by atoms with E-state index in [4.69, 9.17) is 0 Å². The Labute approximate surface area is 98.3 Å². The predicted molar refractivity (Wildman–Crippen MR) is 68.5 cm³/mol. The summed E-state index contributed by atoms with van der Waals surface area (Å²) in [4.78, 5) is 0. The Balaban J connectivity index is 1.58. The number of nitrogens with one attached hydrogen (secondary N) is 1. The van der Waals surface area contributed by atoms with Crippen molar-refractivity contribution in [2.24, 2.45) is 11.8 Å². The molecule has 0 amide bonds. The number of para-hydroxylation sites is 1. The molecule has 1 aromatic carbocycles. The average Bonchev–Trinajstić information content (AvgIpc) is 3.15. The molecule has 1 aromatic rings. The molecule has 86 valence electrons. The summed E-state index contributed by atoms with van der Waals surface area (Å²) in [5.74, 6) is 2.11. The fourth-order valence-corrected chi connectivity index (χ4v) is 3.12. The second-order valence-corrected chi connectivity index (χ2v) is 5.47. The SMILES string of the molecule is c1ccc(NC2CCCC(C3CC3)C2)cc1. The first-order valence-electron chi connectivity index (χ1n) is 6.73. The second kappa shape index (κ2) is 4.48. The van der Waals surface area contributed by atoms with Crippen LogP contribution in [0.1, 0.15) is 38.5 Å². The third kappa shape index (κ3) is 2.40. The van der Waals surface area contributed by atoms with Gasteiger partial charge in [-0.15, -0.1) is 0 Å². The van der Waals surface area contributed by atoms with E-state index in [-0.39, 0.29) is 0 Å². The van der Waals surface area contributed by atoms with Crippen molar-refractivity contribution in [1.82, 2.24) is 0 Å². The Morgan fingerprint density at radius 1 is 0.875 bits per heavy atom. The van der Waals surface area contributed by atoms with Crippen LogP contribution >= 0.6 is 0 Å². The van der Waals surface area contributed by atoms with E-state index in [9.17, 15) is 0 Å². The Morgan fingerprint density at radius 2 is 1.69 bits per heavy atom. The van der Waals surface area contributed by atoms with Crippen LogP contribution in [0.4, 0.5) is 5.69 Å². The van der Waals surface area contributed by atoms with E-state index in [2.05, 4.69) is 35.6 Å². The smallest absolute Gasteiger partial charge is 0.0342 e. The van der Waals surface area contributed by atoms with Gasteiger partial charge in [0.05, 0.1) is 0 Å². The lowest BCUT2D eigenvalue weighted by atomic mass is 9.82. The number of rotatable bonds is 3. The predicted octanol–water partition coefficient (Wildman–Crippen LogP) is 4.07. The summed E-state index contributed by atoms with van der Waals surface area (Å²) in [6.45, 7) is 0. The Morgan fingerprint density at radius 3 is 2.44 bits per heavy atom. The highest BCUT2D eigenvalue weighted by molar-refractivity contribution is 5.43. The summed E-state index contributed by atoms with van der Waals surface area (Å²) in [7, 11) is 0. The van der Waals surface area contributed by atoms with E-state index in [1.165, 1.54) is 44.2 Å². The van der Waals surface area contributed by atoms with E-state index in [1.807, 2.05) is 0 Å². The van der Waals surface area contributed by atoms with Crippen LogP contribution in [0.5, 0.6) is 0 Å². The molecule has 2 saturated carbocycles. The van der Waals surface area contributed by atoms with Gasteiger partial charge in [0.25, 0.3) is 0 Å². The number of hydrogen-bond donors (Lipinski definition) is 1. The van der Waals surface area contributed by atoms with E-state index >= 15 is 0 Å². The van der Waals surface area contributed by atoms with Crippen molar-refractivity contribution in [3.63, 3.8) is 0 Å². The largest absolute Gasteiger partial charge is 0.382 e. The lowest BCUT2D eigenvalue weighted by Crippen LogP contribution is -2.28. The summed E-state index contributed by atoms with van der Waals surface area (Å²) in [6, 6.07) is 11.4. The van der Waals surface area contributed by atoms with Crippen LogP contribution in [-0.2, 0) is 0 Å². The van der Waals surface area contributed by atoms with Crippen LogP contribution in [0.2, 0.25) is 0 Å². The van der Waals surface area contributed by atoms with Crippen molar-refractivity contribution in [1.29, 1.82) is 0 Å². The molecule has 3 rings (SSSR count). The molecule has 0 saturated heterocycles. The first kappa shape index (κ1) is 10.2. The van der Waals surface area contributed by atoms with Crippen LogP contribution in [0.25, 0.3) is 0 Å². The maximum atomic E-state index is 3.69. The van der Waals surface area contributed by atoms with Gasteiger partial charge in [-0.05, 0) is 49.7 Å². The molecular formula is C15H21N. The molecule has 0 bridgehead atoms. The van der Waals surface area contributed by atoms with Crippen molar-refractivity contribution in [2.75, 3.05) is 5.32 Å². The molecule has 2 atom stereocenters. The minimum atomic E-state index is 0.724. The molecule has 0 radical (unpaired) electrons. The van der Waals surface area contributed by atoms with Crippen molar-refractivity contribution < 1.29 is 0 Å². The molecule has 0 aliphatic heterocycles. The van der Waals surface area contributed by atoms with Crippen molar-refractivity contribution in [3.8, 4) is 0 Å². The van der Waals surface area contributed by atoms with Gasteiger partial charge < -0.3 is 5.32 Å². The van der Waals surface area contributed by atoms with Gasteiger partial charge in [0.1, 0.15) is 0 Å². The van der Waals surface area contributed by atoms with Crippen molar-refractivity contribution in [3.05, 3.63) is 30.3 Å². The summed E-state index contributed by atoms with van der Waals surface area (Å²) >= 11 is 0. The van der Waals surface area contributed by atoms with Gasteiger partial charge in [0.2, 0.25) is 0 Å². The molecule has 1 heteroatoms. The summed E-state index contributed by atoms with van der Waals surface area (Å²) < 4.78 is 0. The number of hydrogen-bond acceptors (Lipinski definition) is 1. The number of anilines is 1. The quantitative estimate of drug-likeness (QED) is 0.801. The minimum Gasteiger partial charge on any atom is -0.382 e. The molecule has 1 N–H and O–H groups in total. The maximum absolute atomic E-state index is 3.69. The van der Waals surface area contributed by atoms with Gasteiger partial charge in [0, 0.05) is 11.7 Å². The highest BCUT2D eigenvalue weighted by atomic mass is 14.9. The average molecular weight is 215 g/mol. The topological polar surface area (TPSA) is 12.0 Å². The zero-order valence-corrected chi connectivity index (χ0v) is 9.86. The summed E-state index contributed by atoms with van der Waals surface area (Å²) in [5, 5.41) is 3.69. The van der Waals surface area contributed by atoms with Gasteiger partial charge in [-0.1, -0.05) is 31.0 Å². The molecule has 2 aliphatic carbocycles. The third-order valence-electron chi connectivity index (χ3n) is 4.15. The van der Waals surface area contributed by atoms with Gasteiger partial charge in [0.15, 0.2) is 0 Å². The first-order chi connectivity index (χ1) is 7.92. The lowest BCUT2D eigenvalue weighted by Gasteiger charge is -2.30. The fraction of sp³-hybridized carbons (Fsp3) is 0.600. The molecule has 2 fully saturated rings. The molecule has 2 aliphatic rings. The van der Waals surface area contributed by atoms with Gasteiger partial charge >= 0.3 is 0 Å². The van der Waals surface area contributed by atoms with E-state index < -0.39 is 0 Å². The highest BCUT2D eigenvalue weighted by Gasteiger charge is 2.34. The van der Waals surface area contributed by atoms with E-state index in [1.54, 1.807) is 0 Å². The highest BCUT2D eigenvalue weighted by Crippen LogP contribution is 2.44. The zero-order chi connectivity index (χ0) is 10.8. The van der Waals surface area contributed by atoms with Crippen molar-refractivity contribution in [2.45, 2.75) is 44.6 Å². The molecule has 0 spiro atoms. The molecule has 0 aromatic heterocycles. The summed E-state index contributed by atoms with van der Waals surface area (Å²) in [6.07, 6.45) is 8.67. The van der Waals surface area contributed by atoms with Crippen LogP contribution in [0, 0.1) is 11.8 Å². The Kier molecular flexibility index (Phi) is 2.86. The lowest BCUT2D eigenvalue weighted by molar-refractivity contribution is 0.303. The minimum absolute atomic E-state index is 0.724. The Bertz CT molecular complexity index is 329. The van der Waals surface area contributed by atoms with Crippen LogP contribution in [0.15, 0.2) is 30.3 Å². The normalized spacial score (nSPS) is 30.0. The van der Waals surface area contributed by atoms with Crippen LogP contribution in [0.3, 0.4) is 0 Å². The molecular weight excluding hydrogens is 194 g/mol. The first-order valence-corrected chi connectivity index (χ1v) is 6.73. The van der Waals surface area contributed by atoms with Crippen LogP contribution < -0.4 is 5.32 Å². The number of benzene rings is 1. The van der Waals surface area contributed by atoms with Crippen LogP contribution in [-0.4, -0.2) is 6.04 Å². The molecule has 0 heterocycles. The molecule has 2 unspecified atom stereocenters. The fourth-order valence-electron chi connectivity index (χ4n) is 3.12. The van der Waals surface area contributed by atoms with Gasteiger partial charge in [-0.2, -0.15) is 0 Å². The molecule has 16 heavy (non-hydrogen) atoms. The monoisotopic (exact) mass is 215 g/mol. The van der Waals surface area contributed by atoms with E-state index in [0.29, 0.717) is 0 Å². The summed E-state index contributed by atoms with van der Waals surface area (Å²) in [5.41, 5.74) is 1.30. The Hall–Kier alpha value is -0.980.